The summed E-state index contributed by atoms with van der Waals surface area (Å²) < 4.78 is 0. The molecule has 0 atom stereocenters. The molecule has 0 saturated carbocycles. The summed E-state index contributed by atoms with van der Waals surface area (Å²) in [6, 6.07) is 12.0. The fourth-order valence-electron chi connectivity index (χ4n) is 2.74. The third-order valence-corrected chi connectivity index (χ3v) is 4.18. The number of thiocarbonyl (C=S) groups is 1. The van der Waals surface area contributed by atoms with E-state index in [-0.39, 0.29) is 5.91 Å². The number of hydrogen-bond acceptors (Lipinski definition) is 3. The van der Waals surface area contributed by atoms with E-state index in [1.807, 2.05) is 37.4 Å². The smallest absolute Gasteiger partial charge is 0.241 e. The molecule has 21 heavy (non-hydrogen) atoms. The molecule has 0 radical (unpaired) electrons. The van der Waals surface area contributed by atoms with E-state index in [1.54, 1.807) is 4.90 Å². The van der Waals surface area contributed by atoms with Gasteiger partial charge in [0.15, 0.2) is 0 Å². The van der Waals surface area contributed by atoms with Gasteiger partial charge in [0.1, 0.15) is 4.99 Å². The van der Waals surface area contributed by atoms with Crippen molar-refractivity contribution in [3.63, 3.8) is 0 Å². The molecule has 1 aliphatic rings. The van der Waals surface area contributed by atoms with Crippen molar-refractivity contribution in [2.45, 2.75) is 0 Å². The molecule has 0 aliphatic carbocycles. The Hall–Kier alpha value is -2.14. The number of fused-ring (bicyclic) bond motifs is 1. The van der Waals surface area contributed by atoms with Crippen molar-refractivity contribution < 1.29 is 4.79 Å². The maximum absolute atomic E-state index is 11.9. The zero-order chi connectivity index (χ0) is 15.0. The number of hydrogen-bond donors (Lipinski definition) is 1. The maximum Gasteiger partial charge on any atom is 0.241 e. The van der Waals surface area contributed by atoms with E-state index in [4.69, 9.17) is 18.0 Å². The number of likely N-dealkylation sites (N-methyl/N-ethyl adjacent to an activating group) is 1. The fourth-order valence-corrected chi connectivity index (χ4v) is 2.92. The number of rotatable bonds is 2. The van der Waals surface area contributed by atoms with Gasteiger partial charge in [0.25, 0.3) is 0 Å². The highest BCUT2D eigenvalue weighted by molar-refractivity contribution is 7.80. The molecule has 1 saturated heterocycles. The average Bonchev–Trinajstić information content (AvgIpc) is 2.49. The molecule has 4 nitrogen and oxygen atoms in total. The number of carbonyl (C=O) groups is 1. The first-order valence-electron chi connectivity index (χ1n) is 6.88. The van der Waals surface area contributed by atoms with E-state index >= 15 is 0 Å². The highest BCUT2D eigenvalue weighted by Gasteiger charge is 2.22. The highest BCUT2D eigenvalue weighted by Crippen LogP contribution is 2.30. The van der Waals surface area contributed by atoms with Gasteiger partial charge in [0.05, 0.1) is 6.54 Å². The minimum atomic E-state index is 0.142. The van der Waals surface area contributed by atoms with Gasteiger partial charge in [-0.1, -0.05) is 36.5 Å². The van der Waals surface area contributed by atoms with E-state index in [0.29, 0.717) is 11.5 Å². The van der Waals surface area contributed by atoms with Crippen LogP contribution in [0.25, 0.3) is 10.8 Å². The van der Waals surface area contributed by atoms with Crippen LogP contribution in [-0.4, -0.2) is 42.5 Å². The molecule has 1 aliphatic heterocycles. The molecule has 2 aromatic carbocycles. The lowest BCUT2D eigenvalue weighted by Gasteiger charge is -2.34. The van der Waals surface area contributed by atoms with Crippen molar-refractivity contribution in [3.8, 4) is 0 Å². The van der Waals surface area contributed by atoms with Crippen LogP contribution in [0.4, 0.5) is 5.69 Å². The van der Waals surface area contributed by atoms with Crippen molar-refractivity contribution in [1.82, 2.24) is 4.90 Å². The van der Waals surface area contributed by atoms with Gasteiger partial charge < -0.3 is 15.5 Å². The number of amides is 1. The molecule has 0 aromatic heterocycles. The summed E-state index contributed by atoms with van der Waals surface area (Å²) in [5, 5.41) is 2.12. The number of nitrogens with two attached hydrogens (primary N) is 1. The molecule has 0 spiro atoms. The first-order chi connectivity index (χ1) is 10.1. The largest absolute Gasteiger partial charge is 0.389 e. The zero-order valence-electron chi connectivity index (χ0n) is 11.9. The van der Waals surface area contributed by atoms with Crippen LogP contribution < -0.4 is 10.6 Å². The predicted molar refractivity (Wildman–Crippen MR) is 89.7 cm³/mol. The van der Waals surface area contributed by atoms with Crippen LogP contribution in [0, 0.1) is 0 Å². The lowest BCUT2D eigenvalue weighted by atomic mass is 10.0. The number of carbonyl (C=O) groups excluding carboxylic acids is 1. The minimum Gasteiger partial charge on any atom is -0.389 e. The van der Waals surface area contributed by atoms with Crippen LogP contribution in [-0.2, 0) is 4.79 Å². The quantitative estimate of drug-likeness (QED) is 0.858. The molecule has 0 bridgehead atoms. The maximum atomic E-state index is 11.9. The highest BCUT2D eigenvalue weighted by atomic mass is 32.1. The van der Waals surface area contributed by atoms with Crippen molar-refractivity contribution >= 4 is 39.6 Å². The topological polar surface area (TPSA) is 49.6 Å². The Kier molecular flexibility index (Phi) is 3.51. The Labute approximate surface area is 129 Å². The van der Waals surface area contributed by atoms with Crippen LogP contribution >= 0.6 is 12.2 Å². The van der Waals surface area contributed by atoms with Crippen LogP contribution in [0.15, 0.2) is 36.4 Å². The van der Waals surface area contributed by atoms with E-state index in [2.05, 4.69) is 11.0 Å². The summed E-state index contributed by atoms with van der Waals surface area (Å²) in [7, 11) is 1.84. The van der Waals surface area contributed by atoms with Gasteiger partial charge in [-0.05, 0) is 17.5 Å². The second kappa shape index (κ2) is 5.33. The summed E-state index contributed by atoms with van der Waals surface area (Å²) in [6.07, 6.45) is 0. The molecule has 3 rings (SSSR count). The van der Waals surface area contributed by atoms with Crippen LogP contribution in [0.3, 0.4) is 0 Å². The minimum absolute atomic E-state index is 0.142. The predicted octanol–water partition coefficient (Wildman–Crippen LogP) is 1.75. The zero-order valence-corrected chi connectivity index (χ0v) is 12.7. The van der Waals surface area contributed by atoms with Gasteiger partial charge in [0.2, 0.25) is 5.91 Å². The second-order valence-corrected chi connectivity index (χ2v) is 5.72. The normalized spacial score (nSPS) is 15.6. The molecule has 1 fully saturated rings. The molecular weight excluding hydrogens is 282 g/mol. The summed E-state index contributed by atoms with van der Waals surface area (Å²) >= 11 is 5.13. The number of benzene rings is 2. The molecule has 108 valence electrons. The monoisotopic (exact) mass is 299 g/mol. The Morgan fingerprint density at radius 1 is 1.14 bits per heavy atom. The van der Waals surface area contributed by atoms with Gasteiger partial charge >= 0.3 is 0 Å². The van der Waals surface area contributed by atoms with Crippen LogP contribution in [0.5, 0.6) is 0 Å². The molecular formula is C16H17N3OS. The summed E-state index contributed by atoms with van der Waals surface area (Å²) in [5.41, 5.74) is 7.75. The summed E-state index contributed by atoms with van der Waals surface area (Å²) in [6.45, 7) is 1.98. The van der Waals surface area contributed by atoms with Gasteiger partial charge in [-0.15, -0.1) is 0 Å². The molecule has 2 N–H and O–H groups in total. The average molecular weight is 299 g/mol. The standard InChI is InChI=1S/C16H17N3OS/c1-18-8-9-19(10-15(18)20)14-7-6-13(16(17)21)11-4-2-3-5-12(11)14/h2-7H,8-10H2,1H3,(H2,17,21). The Bertz CT molecular complexity index is 729. The van der Waals surface area contributed by atoms with Crippen LogP contribution in [0.2, 0.25) is 0 Å². The lowest BCUT2D eigenvalue weighted by Crippen LogP contribution is -2.48. The fraction of sp³-hybridized carbons (Fsp3) is 0.250. The SMILES string of the molecule is CN1CCN(c2ccc(C(N)=S)c3ccccc23)CC1=O. The van der Waals surface area contributed by atoms with E-state index < -0.39 is 0 Å². The number of piperazine rings is 1. The molecule has 1 amide bonds. The van der Waals surface area contributed by atoms with E-state index in [9.17, 15) is 4.79 Å². The summed E-state index contributed by atoms with van der Waals surface area (Å²) in [5.74, 6) is 0.142. The Morgan fingerprint density at radius 3 is 2.52 bits per heavy atom. The van der Waals surface area contributed by atoms with Crippen molar-refractivity contribution in [1.29, 1.82) is 0 Å². The van der Waals surface area contributed by atoms with Crippen molar-refractivity contribution in [2.75, 3.05) is 31.6 Å². The lowest BCUT2D eigenvalue weighted by molar-refractivity contribution is -0.129. The van der Waals surface area contributed by atoms with E-state index in [1.165, 1.54) is 0 Å². The molecule has 0 unspecified atom stereocenters. The van der Waals surface area contributed by atoms with Gasteiger partial charge in [-0.25, -0.2) is 0 Å². The Balaban J connectivity index is 2.10. The van der Waals surface area contributed by atoms with Crippen molar-refractivity contribution in [3.05, 3.63) is 42.0 Å². The molecule has 2 aromatic rings. The van der Waals surface area contributed by atoms with Crippen LogP contribution in [0.1, 0.15) is 5.56 Å². The number of anilines is 1. The third kappa shape index (κ3) is 2.45. The van der Waals surface area contributed by atoms with Gasteiger partial charge in [0, 0.05) is 36.8 Å². The molecule has 5 heteroatoms. The molecule has 1 heterocycles. The van der Waals surface area contributed by atoms with E-state index in [0.717, 1.165) is 35.1 Å². The van der Waals surface area contributed by atoms with Gasteiger partial charge in [-0.3, -0.25) is 4.79 Å². The first kappa shape index (κ1) is 13.8. The first-order valence-corrected chi connectivity index (χ1v) is 7.29. The second-order valence-electron chi connectivity index (χ2n) is 5.28. The number of nitrogens with zero attached hydrogens (tertiary/aromatic N) is 2. The van der Waals surface area contributed by atoms with Gasteiger partial charge in [-0.2, -0.15) is 0 Å². The van der Waals surface area contributed by atoms with Crippen molar-refractivity contribution in [2.24, 2.45) is 5.73 Å². The third-order valence-electron chi connectivity index (χ3n) is 3.96. The summed E-state index contributed by atoms with van der Waals surface area (Å²) in [4.78, 5) is 16.2. The Morgan fingerprint density at radius 2 is 1.86 bits per heavy atom.